The van der Waals surface area contributed by atoms with Crippen molar-refractivity contribution in [2.75, 3.05) is 13.7 Å². The molecule has 4 heteroatoms. The maximum absolute atomic E-state index is 11.1. The fourth-order valence-electron chi connectivity index (χ4n) is 1.54. The molecule has 1 unspecified atom stereocenters. The summed E-state index contributed by atoms with van der Waals surface area (Å²) in [4.78, 5) is 11.1. The number of methoxy groups -OCH3 is 1. The van der Waals surface area contributed by atoms with Crippen LogP contribution in [0, 0.1) is 20.8 Å². The Morgan fingerprint density at radius 3 is 2.47 bits per heavy atom. The highest BCUT2D eigenvalue weighted by Gasteiger charge is 2.15. The average Bonchev–Trinajstić information content (AvgIpc) is 2.32. The predicted octanol–water partition coefficient (Wildman–Crippen LogP) is 1.49. The zero-order valence-electron chi connectivity index (χ0n) is 10.7. The molecule has 0 aliphatic carbocycles. The van der Waals surface area contributed by atoms with E-state index in [0.29, 0.717) is 0 Å². The van der Waals surface area contributed by atoms with Crippen molar-refractivity contribution in [1.29, 1.82) is 0 Å². The molecular weight excluding hydrogens is 218 g/mol. The molecule has 0 heterocycles. The van der Waals surface area contributed by atoms with E-state index in [1.54, 1.807) is 0 Å². The molecule has 0 amide bonds. The quantitative estimate of drug-likeness (QED) is 0.806. The van der Waals surface area contributed by atoms with Gasteiger partial charge in [0.2, 0.25) is 0 Å². The van der Waals surface area contributed by atoms with E-state index in [1.807, 2.05) is 32.9 Å². The van der Waals surface area contributed by atoms with Crippen molar-refractivity contribution in [3.63, 3.8) is 0 Å². The molecule has 0 fully saturated rings. The second-order valence-corrected chi connectivity index (χ2v) is 4.09. The molecule has 0 saturated carbocycles. The number of esters is 1. The number of carbonyl (C=O) groups is 1. The lowest BCUT2D eigenvalue weighted by Crippen LogP contribution is -2.37. The molecule has 0 spiro atoms. The monoisotopic (exact) mass is 237 g/mol. The zero-order chi connectivity index (χ0) is 13.0. The van der Waals surface area contributed by atoms with Crippen LogP contribution in [0.15, 0.2) is 12.1 Å². The Balaban J connectivity index is 2.76. The van der Waals surface area contributed by atoms with Crippen molar-refractivity contribution >= 4 is 5.97 Å². The Bertz CT molecular complexity index is 415. The molecule has 0 aromatic heterocycles. The van der Waals surface area contributed by atoms with Crippen LogP contribution in [0.3, 0.4) is 0 Å². The molecule has 0 saturated heterocycles. The average molecular weight is 237 g/mol. The molecule has 0 bridgehead atoms. The van der Waals surface area contributed by atoms with Crippen LogP contribution in [0.25, 0.3) is 0 Å². The van der Waals surface area contributed by atoms with Gasteiger partial charge in [-0.3, -0.25) is 4.79 Å². The maximum Gasteiger partial charge on any atom is 0.326 e. The highest BCUT2D eigenvalue weighted by molar-refractivity contribution is 5.75. The molecule has 1 aromatic rings. The molecular formula is C13H19NO3. The van der Waals surface area contributed by atoms with Crippen molar-refractivity contribution in [1.82, 2.24) is 0 Å². The van der Waals surface area contributed by atoms with Gasteiger partial charge in [0.05, 0.1) is 7.11 Å². The number of benzene rings is 1. The van der Waals surface area contributed by atoms with Gasteiger partial charge in [-0.25, -0.2) is 0 Å². The van der Waals surface area contributed by atoms with Crippen LogP contribution in [0.1, 0.15) is 16.7 Å². The van der Waals surface area contributed by atoms with Crippen molar-refractivity contribution < 1.29 is 14.3 Å². The molecule has 17 heavy (non-hydrogen) atoms. The smallest absolute Gasteiger partial charge is 0.326 e. The normalized spacial score (nSPS) is 12.1. The third-order valence-electron chi connectivity index (χ3n) is 2.78. The number of carbonyl (C=O) groups excluding carboxylic acids is 1. The van der Waals surface area contributed by atoms with E-state index in [0.717, 1.165) is 22.4 Å². The van der Waals surface area contributed by atoms with Crippen LogP contribution in [0.5, 0.6) is 5.75 Å². The van der Waals surface area contributed by atoms with Crippen LogP contribution < -0.4 is 10.5 Å². The van der Waals surface area contributed by atoms with E-state index >= 15 is 0 Å². The summed E-state index contributed by atoms with van der Waals surface area (Å²) in [6, 6.07) is 3.28. The largest absolute Gasteiger partial charge is 0.491 e. The second-order valence-electron chi connectivity index (χ2n) is 4.09. The minimum absolute atomic E-state index is 0.123. The Kier molecular flexibility index (Phi) is 4.52. The van der Waals surface area contributed by atoms with Crippen molar-refractivity contribution in [3.8, 4) is 5.75 Å². The van der Waals surface area contributed by atoms with Crippen molar-refractivity contribution in [3.05, 3.63) is 28.8 Å². The summed E-state index contributed by atoms with van der Waals surface area (Å²) in [5.74, 6) is 0.331. The van der Waals surface area contributed by atoms with Gasteiger partial charge in [-0.2, -0.15) is 0 Å². The molecule has 0 aliphatic rings. The van der Waals surface area contributed by atoms with Gasteiger partial charge < -0.3 is 15.2 Å². The summed E-state index contributed by atoms with van der Waals surface area (Å²) < 4.78 is 10.1. The number of nitrogens with two attached hydrogens (primary N) is 1. The molecule has 0 radical (unpaired) electrons. The summed E-state index contributed by atoms with van der Waals surface area (Å²) in [7, 11) is 1.31. The zero-order valence-corrected chi connectivity index (χ0v) is 10.7. The standard InChI is InChI=1S/C13H19NO3/c1-8-5-6-9(2)12(10(8)3)17-7-11(14)13(15)16-4/h5-6,11H,7,14H2,1-4H3. The van der Waals surface area contributed by atoms with Gasteiger partial charge >= 0.3 is 5.97 Å². The third-order valence-corrected chi connectivity index (χ3v) is 2.78. The van der Waals surface area contributed by atoms with Gasteiger partial charge in [-0.1, -0.05) is 12.1 Å². The highest BCUT2D eigenvalue weighted by Crippen LogP contribution is 2.25. The lowest BCUT2D eigenvalue weighted by molar-refractivity contribution is -0.142. The Morgan fingerprint density at radius 1 is 1.29 bits per heavy atom. The minimum Gasteiger partial charge on any atom is -0.491 e. The summed E-state index contributed by atoms with van der Waals surface area (Å²) in [5, 5.41) is 0. The first-order valence-corrected chi connectivity index (χ1v) is 5.50. The Labute approximate surface area is 102 Å². The molecule has 2 N–H and O–H groups in total. The number of aryl methyl sites for hydroxylation is 2. The topological polar surface area (TPSA) is 61.5 Å². The van der Waals surface area contributed by atoms with Crippen LogP contribution in [0.2, 0.25) is 0 Å². The van der Waals surface area contributed by atoms with Gasteiger partial charge in [0.25, 0.3) is 0 Å². The van der Waals surface area contributed by atoms with Crippen molar-refractivity contribution in [2.45, 2.75) is 26.8 Å². The van der Waals surface area contributed by atoms with Crippen LogP contribution >= 0.6 is 0 Å². The number of hydrogen-bond donors (Lipinski definition) is 1. The Hall–Kier alpha value is -1.55. The minimum atomic E-state index is -0.751. The van der Waals surface area contributed by atoms with Gasteiger partial charge in [0, 0.05) is 0 Å². The van der Waals surface area contributed by atoms with Crippen LogP contribution in [-0.2, 0) is 9.53 Å². The summed E-state index contributed by atoms with van der Waals surface area (Å²) >= 11 is 0. The highest BCUT2D eigenvalue weighted by atomic mass is 16.5. The van der Waals surface area contributed by atoms with Crippen LogP contribution in [-0.4, -0.2) is 25.7 Å². The van der Waals surface area contributed by atoms with Crippen LogP contribution in [0.4, 0.5) is 0 Å². The molecule has 0 aliphatic heterocycles. The van der Waals surface area contributed by atoms with E-state index in [2.05, 4.69) is 4.74 Å². The number of ether oxygens (including phenoxy) is 2. The molecule has 1 atom stereocenters. The molecule has 1 aromatic carbocycles. The van der Waals surface area contributed by atoms with Gasteiger partial charge in [-0.15, -0.1) is 0 Å². The Morgan fingerprint density at radius 2 is 1.88 bits per heavy atom. The van der Waals surface area contributed by atoms with Crippen molar-refractivity contribution in [2.24, 2.45) is 5.73 Å². The first-order chi connectivity index (χ1) is 7.97. The first-order valence-electron chi connectivity index (χ1n) is 5.50. The third kappa shape index (κ3) is 3.20. The maximum atomic E-state index is 11.1. The summed E-state index contributed by atoms with van der Waals surface area (Å²) in [6.07, 6.45) is 0. The SMILES string of the molecule is COC(=O)C(N)COc1c(C)ccc(C)c1C. The van der Waals surface area contributed by atoms with E-state index in [-0.39, 0.29) is 6.61 Å². The summed E-state index contributed by atoms with van der Waals surface area (Å²) in [5.41, 5.74) is 8.87. The fourth-order valence-corrected chi connectivity index (χ4v) is 1.54. The summed E-state index contributed by atoms with van der Waals surface area (Å²) in [6.45, 7) is 6.09. The van der Waals surface area contributed by atoms with Gasteiger partial charge in [0.1, 0.15) is 18.4 Å². The molecule has 94 valence electrons. The molecule has 4 nitrogen and oxygen atoms in total. The lowest BCUT2D eigenvalue weighted by atomic mass is 10.1. The lowest BCUT2D eigenvalue weighted by Gasteiger charge is -2.16. The fraction of sp³-hybridized carbons (Fsp3) is 0.462. The van der Waals surface area contributed by atoms with E-state index in [4.69, 9.17) is 10.5 Å². The van der Waals surface area contributed by atoms with E-state index < -0.39 is 12.0 Å². The van der Waals surface area contributed by atoms with E-state index in [9.17, 15) is 4.79 Å². The van der Waals surface area contributed by atoms with Gasteiger partial charge in [0.15, 0.2) is 0 Å². The van der Waals surface area contributed by atoms with E-state index in [1.165, 1.54) is 7.11 Å². The van der Waals surface area contributed by atoms with Gasteiger partial charge in [-0.05, 0) is 37.5 Å². The number of hydrogen-bond acceptors (Lipinski definition) is 4. The number of rotatable bonds is 4. The predicted molar refractivity (Wildman–Crippen MR) is 66.1 cm³/mol. The first kappa shape index (κ1) is 13.5. The molecule has 1 rings (SSSR count). The second kappa shape index (κ2) is 5.68.